The van der Waals surface area contributed by atoms with Crippen LogP contribution in [0.4, 0.5) is 17.1 Å². The SMILES string of the molecule is CN1CCN(C2=Nc3cc(Cl)ccc3N(NC(=O)c3ccc4ccccc4n3)c3ccccc32)CC1. The van der Waals surface area contributed by atoms with E-state index in [1.807, 2.05) is 72.8 Å². The molecule has 180 valence electrons. The fourth-order valence-electron chi connectivity index (χ4n) is 4.67. The molecule has 2 aliphatic rings. The number of anilines is 2. The first-order valence-corrected chi connectivity index (χ1v) is 12.3. The number of halogens is 1. The average Bonchev–Trinajstić information content (AvgIpc) is 3.03. The molecule has 36 heavy (non-hydrogen) atoms. The number of amidine groups is 1. The van der Waals surface area contributed by atoms with Gasteiger partial charge in [-0.3, -0.25) is 15.2 Å². The lowest BCUT2D eigenvalue weighted by Gasteiger charge is -2.35. The van der Waals surface area contributed by atoms with Gasteiger partial charge >= 0.3 is 0 Å². The van der Waals surface area contributed by atoms with Gasteiger partial charge < -0.3 is 9.80 Å². The van der Waals surface area contributed by atoms with Crippen LogP contribution in [0, 0.1) is 0 Å². The number of benzene rings is 3. The number of pyridine rings is 1. The number of nitrogens with zero attached hydrogens (tertiary/aromatic N) is 5. The number of nitrogens with one attached hydrogen (secondary N) is 1. The summed E-state index contributed by atoms with van der Waals surface area (Å²) in [6, 6.07) is 25.0. The van der Waals surface area contributed by atoms with Gasteiger partial charge in [0.1, 0.15) is 11.5 Å². The highest BCUT2D eigenvalue weighted by Gasteiger charge is 2.29. The zero-order chi connectivity index (χ0) is 24.6. The second-order valence-electron chi connectivity index (χ2n) is 9.04. The lowest BCUT2D eigenvalue weighted by molar-refractivity contribution is 0.0949. The minimum Gasteiger partial charge on any atom is -0.353 e. The molecule has 0 aliphatic carbocycles. The van der Waals surface area contributed by atoms with Crippen LogP contribution in [0.3, 0.4) is 0 Å². The van der Waals surface area contributed by atoms with E-state index in [0.29, 0.717) is 16.4 Å². The Morgan fingerprint density at radius 2 is 1.67 bits per heavy atom. The smallest absolute Gasteiger partial charge is 0.288 e. The number of para-hydroxylation sites is 2. The molecule has 7 nitrogen and oxygen atoms in total. The number of hydrazine groups is 1. The van der Waals surface area contributed by atoms with Crippen LogP contribution in [0.2, 0.25) is 5.02 Å². The van der Waals surface area contributed by atoms with Crippen molar-refractivity contribution in [1.82, 2.24) is 20.2 Å². The van der Waals surface area contributed by atoms with Crippen LogP contribution in [0.5, 0.6) is 0 Å². The largest absolute Gasteiger partial charge is 0.353 e. The normalized spacial score (nSPS) is 15.7. The van der Waals surface area contributed by atoms with E-state index in [4.69, 9.17) is 16.6 Å². The minimum atomic E-state index is -0.306. The van der Waals surface area contributed by atoms with Gasteiger partial charge in [-0.15, -0.1) is 0 Å². The van der Waals surface area contributed by atoms with Crippen LogP contribution in [-0.2, 0) is 0 Å². The Morgan fingerprint density at radius 1 is 0.889 bits per heavy atom. The molecule has 3 heterocycles. The third-order valence-electron chi connectivity index (χ3n) is 6.64. The highest BCUT2D eigenvalue weighted by molar-refractivity contribution is 6.31. The summed E-state index contributed by atoms with van der Waals surface area (Å²) in [6.07, 6.45) is 0. The molecule has 1 saturated heterocycles. The summed E-state index contributed by atoms with van der Waals surface area (Å²) in [6.45, 7) is 3.65. The Bertz CT molecular complexity index is 1490. The van der Waals surface area contributed by atoms with Crippen LogP contribution in [0.15, 0.2) is 83.9 Å². The molecular weight excluding hydrogens is 472 g/mol. The first kappa shape index (κ1) is 22.5. The van der Waals surface area contributed by atoms with E-state index in [9.17, 15) is 4.79 Å². The molecule has 8 heteroatoms. The Kier molecular flexibility index (Phi) is 5.79. The van der Waals surface area contributed by atoms with Crippen molar-refractivity contribution in [1.29, 1.82) is 0 Å². The Hall–Kier alpha value is -3.94. The number of amides is 1. The van der Waals surface area contributed by atoms with Crippen LogP contribution in [0.25, 0.3) is 10.9 Å². The quantitative estimate of drug-likeness (QED) is 0.422. The summed E-state index contributed by atoms with van der Waals surface area (Å²) in [7, 11) is 2.13. The van der Waals surface area contributed by atoms with Crippen molar-refractivity contribution in [3.05, 3.63) is 95.1 Å². The van der Waals surface area contributed by atoms with E-state index >= 15 is 0 Å². The van der Waals surface area contributed by atoms with E-state index < -0.39 is 0 Å². The maximum Gasteiger partial charge on any atom is 0.288 e. The molecule has 1 fully saturated rings. The monoisotopic (exact) mass is 496 g/mol. The van der Waals surface area contributed by atoms with E-state index in [0.717, 1.165) is 59.9 Å². The number of carbonyl (C=O) groups excluding carboxylic acids is 1. The highest BCUT2D eigenvalue weighted by atomic mass is 35.5. The Morgan fingerprint density at radius 3 is 2.53 bits per heavy atom. The zero-order valence-corrected chi connectivity index (χ0v) is 20.6. The summed E-state index contributed by atoms with van der Waals surface area (Å²) in [4.78, 5) is 27.8. The number of likely N-dealkylation sites (N-methyl/N-ethyl adjacent to an activating group) is 1. The van der Waals surface area contributed by atoms with Gasteiger partial charge in [-0.05, 0) is 49.5 Å². The molecule has 1 N–H and O–H groups in total. The van der Waals surface area contributed by atoms with Gasteiger partial charge in [0.05, 0.1) is 22.6 Å². The molecule has 0 radical (unpaired) electrons. The first-order chi connectivity index (χ1) is 17.6. The molecule has 1 aromatic heterocycles. The maximum absolute atomic E-state index is 13.5. The first-order valence-electron chi connectivity index (χ1n) is 11.9. The second kappa shape index (κ2) is 9.26. The molecule has 1 amide bonds. The van der Waals surface area contributed by atoms with Gasteiger partial charge in [0, 0.05) is 42.2 Å². The molecule has 0 unspecified atom stereocenters. The molecule has 0 atom stereocenters. The molecule has 0 bridgehead atoms. The third kappa shape index (κ3) is 4.17. The van der Waals surface area contributed by atoms with Gasteiger partial charge in [0.2, 0.25) is 0 Å². The summed E-state index contributed by atoms with van der Waals surface area (Å²) in [5, 5.41) is 3.37. The van der Waals surface area contributed by atoms with Crippen LogP contribution in [-0.4, -0.2) is 59.8 Å². The van der Waals surface area contributed by atoms with E-state index in [-0.39, 0.29) is 5.91 Å². The lowest BCUT2D eigenvalue weighted by atomic mass is 10.1. The van der Waals surface area contributed by atoms with Crippen molar-refractivity contribution in [3.63, 3.8) is 0 Å². The lowest BCUT2D eigenvalue weighted by Crippen LogP contribution is -2.47. The fraction of sp³-hybridized carbons (Fsp3) is 0.179. The number of piperazine rings is 1. The molecule has 4 aromatic rings. The fourth-order valence-corrected chi connectivity index (χ4v) is 4.83. The third-order valence-corrected chi connectivity index (χ3v) is 6.87. The second-order valence-corrected chi connectivity index (χ2v) is 9.48. The van der Waals surface area contributed by atoms with E-state index in [2.05, 4.69) is 27.3 Å². The number of rotatable bonds is 2. The standard InChI is InChI=1S/C28H25ClN6O/c1-33-14-16-34(17-15-33)27-21-7-3-5-9-25(21)35(26-13-11-20(29)18-24(26)31-27)32-28(36)23-12-10-19-6-2-4-8-22(19)30-23/h2-13,18H,14-17H2,1H3,(H,32,36). The van der Waals surface area contributed by atoms with Crippen molar-refractivity contribution in [2.45, 2.75) is 0 Å². The van der Waals surface area contributed by atoms with Crippen molar-refractivity contribution >= 4 is 51.3 Å². The summed E-state index contributed by atoms with van der Waals surface area (Å²) < 4.78 is 0. The molecule has 0 saturated carbocycles. The summed E-state index contributed by atoms with van der Waals surface area (Å²) in [5.74, 6) is 0.572. The highest BCUT2D eigenvalue weighted by Crippen LogP contribution is 2.40. The number of hydrogen-bond donors (Lipinski definition) is 1. The van der Waals surface area contributed by atoms with Gasteiger partial charge in [-0.25, -0.2) is 9.98 Å². The van der Waals surface area contributed by atoms with Gasteiger partial charge in [-0.2, -0.15) is 0 Å². The topological polar surface area (TPSA) is 64.1 Å². The van der Waals surface area contributed by atoms with Crippen LogP contribution < -0.4 is 10.4 Å². The Labute approximate surface area is 214 Å². The zero-order valence-electron chi connectivity index (χ0n) is 19.9. The van der Waals surface area contributed by atoms with Crippen LogP contribution >= 0.6 is 11.6 Å². The number of fused-ring (bicyclic) bond motifs is 3. The number of hydrogen-bond acceptors (Lipinski definition) is 6. The summed E-state index contributed by atoms with van der Waals surface area (Å²) in [5.41, 5.74) is 7.42. The van der Waals surface area contributed by atoms with Gasteiger partial charge in [0.15, 0.2) is 0 Å². The summed E-state index contributed by atoms with van der Waals surface area (Å²) >= 11 is 6.39. The number of carbonyl (C=O) groups is 1. The van der Waals surface area contributed by atoms with Crippen LogP contribution in [0.1, 0.15) is 16.1 Å². The average molecular weight is 497 g/mol. The van der Waals surface area contributed by atoms with E-state index in [1.54, 1.807) is 11.1 Å². The predicted octanol–water partition coefficient (Wildman–Crippen LogP) is 5.01. The predicted molar refractivity (Wildman–Crippen MR) is 145 cm³/mol. The molecular formula is C28H25ClN6O. The minimum absolute atomic E-state index is 0.306. The van der Waals surface area contributed by atoms with Crippen molar-refractivity contribution in [2.24, 2.45) is 4.99 Å². The van der Waals surface area contributed by atoms with E-state index in [1.165, 1.54) is 0 Å². The molecule has 0 spiro atoms. The Balaban J connectivity index is 1.43. The number of aliphatic imine (C=N–C) groups is 1. The molecule has 2 aliphatic heterocycles. The van der Waals surface area contributed by atoms with Crippen molar-refractivity contribution < 1.29 is 4.79 Å². The van der Waals surface area contributed by atoms with Crippen molar-refractivity contribution in [3.8, 4) is 0 Å². The molecule has 3 aromatic carbocycles. The van der Waals surface area contributed by atoms with Gasteiger partial charge in [-0.1, -0.05) is 48.0 Å². The number of aromatic nitrogens is 1. The van der Waals surface area contributed by atoms with Gasteiger partial charge in [0.25, 0.3) is 5.91 Å². The maximum atomic E-state index is 13.5. The van der Waals surface area contributed by atoms with Crippen molar-refractivity contribution in [2.75, 3.05) is 38.2 Å². The molecule has 6 rings (SSSR count).